The quantitative estimate of drug-likeness (QED) is 0.843. The third-order valence-corrected chi connectivity index (χ3v) is 2.61. The number of H-pyrrole nitrogens is 1. The van der Waals surface area contributed by atoms with Crippen LogP contribution in [0.5, 0.6) is 0 Å². The van der Waals surface area contributed by atoms with Gasteiger partial charge in [-0.05, 0) is 19.1 Å². The molecule has 18 heavy (non-hydrogen) atoms. The van der Waals surface area contributed by atoms with E-state index in [1.54, 1.807) is 25.1 Å². The predicted molar refractivity (Wildman–Crippen MR) is 65.6 cm³/mol. The molecule has 1 aromatic heterocycles. The highest BCUT2D eigenvalue weighted by molar-refractivity contribution is 6.12. The summed E-state index contributed by atoms with van der Waals surface area (Å²) in [6.07, 6.45) is 1.54. The molecule has 0 radical (unpaired) electrons. The molecule has 5 nitrogen and oxygen atoms in total. The number of rotatable bonds is 3. The van der Waals surface area contributed by atoms with E-state index in [9.17, 15) is 9.59 Å². The van der Waals surface area contributed by atoms with Crippen molar-refractivity contribution in [2.75, 3.05) is 13.7 Å². The molecular formula is C13H13NO4. The monoisotopic (exact) mass is 247 g/mol. The molecule has 2 rings (SSSR count). The fraction of sp³-hybridized carbons (Fsp3) is 0.231. The first-order valence-electron chi connectivity index (χ1n) is 5.54. The molecule has 0 saturated carbocycles. The number of nitrogens with one attached hydrogen (secondary N) is 1. The first kappa shape index (κ1) is 12.2. The summed E-state index contributed by atoms with van der Waals surface area (Å²) in [6.45, 7) is 2.01. The number of aromatic nitrogens is 1. The lowest BCUT2D eigenvalue weighted by molar-refractivity contribution is 0.0528. The number of aromatic amines is 1. The van der Waals surface area contributed by atoms with Crippen molar-refractivity contribution in [2.45, 2.75) is 6.92 Å². The molecule has 1 aromatic carbocycles. The largest absolute Gasteiger partial charge is 0.465 e. The molecular weight excluding hydrogens is 234 g/mol. The lowest BCUT2D eigenvalue weighted by Gasteiger charge is -2.04. The Kier molecular flexibility index (Phi) is 3.32. The van der Waals surface area contributed by atoms with Crippen molar-refractivity contribution in [1.29, 1.82) is 0 Å². The van der Waals surface area contributed by atoms with E-state index >= 15 is 0 Å². The van der Waals surface area contributed by atoms with Crippen LogP contribution in [0.15, 0.2) is 24.4 Å². The zero-order valence-electron chi connectivity index (χ0n) is 10.1. The molecule has 1 N–H and O–H groups in total. The molecule has 0 aliphatic heterocycles. The summed E-state index contributed by atoms with van der Waals surface area (Å²) in [5.74, 6) is -0.939. The van der Waals surface area contributed by atoms with Crippen LogP contribution >= 0.6 is 0 Å². The Morgan fingerprint density at radius 1 is 1.22 bits per heavy atom. The molecule has 2 aromatic rings. The average Bonchev–Trinajstić information content (AvgIpc) is 2.81. The molecule has 1 heterocycles. The zero-order chi connectivity index (χ0) is 13.1. The van der Waals surface area contributed by atoms with Crippen LogP contribution in [0, 0.1) is 0 Å². The van der Waals surface area contributed by atoms with Gasteiger partial charge in [-0.1, -0.05) is 6.07 Å². The second kappa shape index (κ2) is 4.91. The number of ether oxygens (including phenoxy) is 2. The highest BCUT2D eigenvalue weighted by atomic mass is 16.5. The van der Waals surface area contributed by atoms with Crippen LogP contribution in [0.2, 0.25) is 0 Å². The van der Waals surface area contributed by atoms with Gasteiger partial charge in [0.15, 0.2) is 0 Å². The van der Waals surface area contributed by atoms with E-state index in [-0.39, 0.29) is 6.61 Å². The highest BCUT2D eigenvalue weighted by Crippen LogP contribution is 2.24. The third kappa shape index (κ3) is 1.95. The number of benzene rings is 1. The van der Waals surface area contributed by atoms with Crippen molar-refractivity contribution >= 4 is 22.8 Å². The maximum Gasteiger partial charge on any atom is 0.340 e. The van der Waals surface area contributed by atoms with Crippen molar-refractivity contribution in [3.8, 4) is 0 Å². The van der Waals surface area contributed by atoms with Crippen molar-refractivity contribution in [3.63, 3.8) is 0 Å². The first-order valence-corrected chi connectivity index (χ1v) is 5.54. The second-order valence-corrected chi connectivity index (χ2v) is 3.64. The Morgan fingerprint density at radius 2 is 2.00 bits per heavy atom. The molecule has 0 aliphatic carbocycles. The van der Waals surface area contributed by atoms with E-state index in [0.29, 0.717) is 22.0 Å². The van der Waals surface area contributed by atoms with Gasteiger partial charge in [0.05, 0.1) is 24.8 Å². The lowest BCUT2D eigenvalue weighted by atomic mass is 10.1. The fourth-order valence-corrected chi connectivity index (χ4v) is 1.83. The van der Waals surface area contributed by atoms with Gasteiger partial charge in [-0.3, -0.25) is 0 Å². The van der Waals surface area contributed by atoms with Gasteiger partial charge in [-0.2, -0.15) is 0 Å². The van der Waals surface area contributed by atoms with E-state index in [2.05, 4.69) is 4.98 Å². The Bertz CT molecular complexity index is 600. The van der Waals surface area contributed by atoms with Crippen LogP contribution in [0.4, 0.5) is 0 Å². The van der Waals surface area contributed by atoms with Gasteiger partial charge in [0.25, 0.3) is 0 Å². The van der Waals surface area contributed by atoms with Crippen LogP contribution in [0.25, 0.3) is 10.9 Å². The normalized spacial score (nSPS) is 10.3. The van der Waals surface area contributed by atoms with Gasteiger partial charge < -0.3 is 14.5 Å². The van der Waals surface area contributed by atoms with Crippen molar-refractivity contribution in [1.82, 2.24) is 4.98 Å². The van der Waals surface area contributed by atoms with Gasteiger partial charge in [0, 0.05) is 17.1 Å². The minimum atomic E-state index is -0.481. The number of carbonyl (C=O) groups excluding carboxylic acids is 2. The molecule has 0 amide bonds. The first-order chi connectivity index (χ1) is 8.69. The minimum absolute atomic E-state index is 0.284. The van der Waals surface area contributed by atoms with Gasteiger partial charge in [0.1, 0.15) is 0 Å². The van der Waals surface area contributed by atoms with E-state index in [4.69, 9.17) is 9.47 Å². The van der Waals surface area contributed by atoms with E-state index in [0.717, 1.165) is 0 Å². The topological polar surface area (TPSA) is 68.4 Å². The van der Waals surface area contributed by atoms with Crippen LogP contribution in [0.1, 0.15) is 27.6 Å². The Balaban J connectivity index is 2.62. The van der Waals surface area contributed by atoms with E-state index in [1.165, 1.54) is 13.3 Å². The summed E-state index contributed by atoms with van der Waals surface area (Å²) in [5, 5.41) is 0.530. The molecule has 0 saturated heterocycles. The molecule has 0 unspecified atom stereocenters. The Morgan fingerprint density at radius 3 is 2.67 bits per heavy atom. The maximum absolute atomic E-state index is 11.8. The Hall–Kier alpha value is -2.30. The van der Waals surface area contributed by atoms with Crippen LogP contribution < -0.4 is 0 Å². The number of methoxy groups -OCH3 is 1. The highest BCUT2D eigenvalue weighted by Gasteiger charge is 2.19. The summed E-state index contributed by atoms with van der Waals surface area (Å²) >= 11 is 0. The van der Waals surface area contributed by atoms with E-state index < -0.39 is 11.9 Å². The smallest absolute Gasteiger partial charge is 0.340 e. The zero-order valence-corrected chi connectivity index (χ0v) is 10.1. The molecule has 5 heteroatoms. The maximum atomic E-state index is 11.8. The van der Waals surface area contributed by atoms with Crippen LogP contribution in [0.3, 0.4) is 0 Å². The molecule has 0 atom stereocenters. The molecule has 0 spiro atoms. The molecule has 0 bridgehead atoms. The summed E-state index contributed by atoms with van der Waals surface area (Å²) in [4.78, 5) is 26.4. The summed E-state index contributed by atoms with van der Waals surface area (Å²) < 4.78 is 9.66. The summed E-state index contributed by atoms with van der Waals surface area (Å²) in [5.41, 5.74) is 1.38. The third-order valence-electron chi connectivity index (χ3n) is 2.61. The van der Waals surface area contributed by atoms with Gasteiger partial charge >= 0.3 is 11.9 Å². The fourth-order valence-electron chi connectivity index (χ4n) is 1.83. The molecule has 94 valence electrons. The molecule has 0 aliphatic rings. The minimum Gasteiger partial charge on any atom is -0.465 e. The van der Waals surface area contributed by atoms with Crippen LogP contribution in [-0.4, -0.2) is 30.6 Å². The van der Waals surface area contributed by atoms with Gasteiger partial charge in [-0.25, -0.2) is 9.59 Å². The number of hydrogen-bond donors (Lipinski definition) is 1. The van der Waals surface area contributed by atoms with Crippen molar-refractivity contribution in [2.24, 2.45) is 0 Å². The lowest BCUT2D eigenvalue weighted by Crippen LogP contribution is -2.07. The summed E-state index contributed by atoms with van der Waals surface area (Å²) in [7, 11) is 1.30. The van der Waals surface area contributed by atoms with Crippen LogP contribution in [-0.2, 0) is 9.47 Å². The average molecular weight is 247 g/mol. The van der Waals surface area contributed by atoms with Gasteiger partial charge in [-0.15, -0.1) is 0 Å². The summed E-state index contributed by atoms with van der Waals surface area (Å²) in [6, 6.07) is 5.12. The standard InChI is InChI=1S/C13H13NO4/c1-3-18-13(16)9-7-14-10-6-4-5-8(11(9)10)12(15)17-2/h4-7,14H,3H2,1-2H3. The van der Waals surface area contributed by atoms with Crippen molar-refractivity contribution in [3.05, 3.63) is 35.5 Å². The predicted octanol–water partition coefficient (Wildman–Crippen LogP) is 2.13. The number of hydrogen-bond acceptors (Lipinski definition) is 4. The molecule has 0 fully saturated rings. The number of fused-ring (bicyclic) bond motifs is 1. The number of esters is 2. The van der Waals surface area contributed by atoms with Crippen molar-refractivity contribution < 1.29 is 19.1 Å². The second-order valence-electron chi connectivity index (χ2n) is 3.64. The van der Waals surface area contributed by atoms with E-state index in [1.807, 2.05) is 0 Å². The number of carbonyl (C=O) groups is 2. The Labute approximate surface area is 104 Å². The van der Waals surface area contributed by atoms with Gasteiger partial charge in [0.2, 0.25) is 0 Å². The SMILES string of the molecule is CCOC(=O)c1c[nH]c2cccc(C(=O)OC)c12.